The lowest BCUT2D eigenvalue weighted by molar-refractivity contribution is 0.264. The minimum Gasteiger partial charge on any atom is -0.496 e. The molecular weight excluding hydrogens is 248 g/mol. The van der Waals surface area contributed by atoms with Gasteiger partial charge in [0.15, 0.2) is 0 Å². The zero-order chi connectivity index (χ0) is 14.5. The quantitative estimate of drug-likeness (QED) is 0.789. The molecule has 2 rings (SSSR count). The van der Waals surface area contributed by atoms with Gasteiger partial charge in [0, 0.05) is 30.7 Å². The van der Waals surface area contributed by atoms with Crippen molar-refractivity contribution in [1.82, 2.24) is 10.2 Å². The van der Waals surface area contributed by atoms with Crippen molar-refractivity contribution < 1.29 is 4.74 Å². The van der Waals surface area contributed by atoms with Gasteiger partial charge in [0.25, 0.3) is 0 Å². The molecule has 0 aromatic heterocycles. The van der Waals surface area contributed by atoms with Gasteiger partial charge in [-0.15, -0.1) is 0 Å². The van der Waals surface area contributed by atoms with Crippen molar-refractivity contribution >= 4 is 0 Å². The molecule has 0 atom stereocenters. The highest BCUT2D eigenvalue weighted by Gasteiger charge is 2.28. The zero-order valence-corrected chi connectivity index (χ0v) is 13.3. The lowest BCUT2D eigenvalue weighted by Gasteiger charge is -2.22. The summed E-state index contributed by atoms with van der Waals surface area (Å²) in [6, 6.07) is 7.86. The van der Waals surface area contributed by atoms with Crippen molar-refractivity contribution in [2.45, 2.75) is 58.8 Å². The van der Waals surface area contributed by atoms with E-state index in [4.69, 9.17) is 4.74 Å². The Bertz CT molecular complexity index is 427. The molecule has 1 saturated carbocycles. The minimum atomic E-state index is 0.513. The third-order valence-corrected chi connectivity index (χ3v) is 3.90. The summed E-state index contributed by atoms with van der Waals surface area (Å²) in [5.41, 5.74) is 2.64. The molecule has 0 heterocycles. The van der Waals surface area contributed by atoms with Crippen LogP contribution in [0.4, 0.5) is 0 Å². The maximum Gasteiger partial charge on any atom is 0.123 e. The first-order chi connectivity index (χ1) is 9.63. The standard InChI is InChI=1S/C17H28N2O/c1-5-19(16-7-8-16)12-15-10-14(11-18-13(2)3)6-9-17(15)20-4/h6,9-10,13,16,18H,5,7-8,11-12H2,1-4H3. The van der Waals surface area contributed by atoms with E-state index in [0.717, 1.165) is 31.4 Å². The maximum absolute atomic E-state index is 5.52. The largest absolute Gasteiger partial charge is 0.496 e. The Morgan fingerprint density at radius 2 is 2.10 bits per heavy atom. The van der Waals surface area contributed by atoms with Crippen molar-refractivity contribution in [3.05, 3.63) is 29.3 Å². The number of ether oxygens (including phenoxy) is 1. The van der Waals surface area contributed by atoms with Gasteiger partial charge in [-0.05, 0) is 37.1 Å². The summed E-state index contributed by atoms with van der Waals surface area (Å²) in [5, 5.41) is 3.47. The van der Waals surface area contributed by atoms with Crippen LogP contribution in [0.1, 0.15) is 44.7 Å². The molecule has 0 spiro atoms. The van der Waals surface area contributed by atoms with E-state index in [9.17, 15) is 0 Å². The molecule has 0 aliphatic heterocycles. The molecule has 112 valence electrons. The number of nitrogens with zero attached hydrogens (tertiary/aromatic N) is 1. The van der Waals surface area contributed by atoms with Crippen LogP contribution in [-0.4, -0.2) is 30.6 Å². The molecule has 0 amide bonds. The van der Waals surface area contributed by atoms with Gasteiger partial charge in [-0.1, -0.05) is 26.8 Å². The average molecular weight is 276 g/mol. The van der Waals surface area contributed by atoms with Crippen LogP contribution in [0, 0.1) is 0 Å². The summed E-state index contributed by atoms with van der Waals surface area (Å²) >= 11 is 0. The monoisotopic (exact) mass is 276 g/mol. The zero-order valence-electron chi connectivity index (χ0n) is 13.3. The normalized spacial score (nSPS) is 15.1. The first-order valence-electron chi connectivity index (χ1n) is 7.77. The van der Waals surface area contributed by atoms with Crippen LogP contribution in [0.3, 0.4) is 0 Å². The smallest absolute Gasteiger partial charge is 0.123 e. The highest BCUT2D eigenvalue weighted by Crippen LogP contribution is 2.30. The van der Waals surface area contributed by atoms with Crippen LogP contribution in [0.5, 0.6) is 5.75 Å². The van der Waals surface area contributed by atoms with Crippen LogP contribution in [0.2, 0.25) is 0 Å². The van der Waals surface area contributed by atoms with Gasteiger partial charge in [0.05, 0.1) is 7.11 Å². The molecule has 0 bridgehead atoms. The molecule has 1 N–H and O–H groups in total. The number of methoxy groups -OCH3 is 1. The van der Waals surface area contributed by atoms with E-state index < -0.39 is 0 Å². The van der Waals surface area contributed by atoms with Crippen LogP contribution < -0.4 is 10.1 Å². The van der Waals surface area contributed by atoms with Crippen LogP contribution >= 0.6 is 0 Å². The van der Waals surface area contributed by atoms with Crippen LogP contribution in [0.15, 0.2) is 18.2 Å². The summed E-state index contributed by atoms with van der Waals surface area (Å²) in [5.74, 6) is 1.01. The summed E-state index contributed by atoms with van der Waals surface area (Å²) in [7, 11) is 1.76. The molecule has 1 aromatic carbocycles. The van der Waals surface area contributed by atoms with Gasteiger partial charge in [-0.3, -0.25) is 4.90 Å². The molecular formula is C17H28N2O. The lowest BCUT2D eigenvalue weighted by Crippen LogP contribution is -2.25. The average Bonchev–Trinajstić information content (AvgIpc) is 3.27. The number of rotatable bonds is 8. The fourth-order valence-corrected chi connectivity index (χ4v) is 2.55. The number of benzene rings is 1. The second-order valence-corrected chi connectivity index (χ2v) is 5.98. The Morgan fingerprint density at radius 3 is 2.65 bits per heavy atom. The third kappa shape index (κ3) is 4.22. The van der Waals surface area contributed by atoms with Gasteiger partial charge < -0.3 is 10.1 Å². The second-order valence-electron chi connectivity index (χ2n) is 5.98. The molecule has 20 heavy (non-hydrogen) atoms. The Hall–Kier alpha value is -1.06. The fraction of sp³-hybridized carbons (Fsp3) is 0.647. The van der Waals surface area contributed by atoms with Crippen LogP contribution in [-0.2, 0) is 13.1 Å². The Labute approximate surface area is 123 Å². The van der Waals surface area contributed by atoms with Crippen molar-refractivity contribution in [1.29, 1.82) is 0 Å². The van der Waals surface area contributed by atoms with Gasteiger partial charge >= 0.3 is 0 Å². The summed E-state index contributed by atoms with van der Waals surface area (Å²) in [6.45, 7) is 9.63. The first-order valence-corrected chi connectivity index (χ1v) is 7.77. The maximum atomic E-state index is 5.52. The molecule has 0 saturated heterocycles. The summed E-state index contributed by atoms with van der Waals surface area (Å²) in [6.07, 6.45) is 2.70. The van der Waals surface area contributed by atoms with Crippen LogP contribution in [0.25, 0.3) is 0 Å². The van der Waals surface area contributed by atoms with Gasteiger partial charge in [-0.25, -0.2) is 0 Å². The molecule has 1 aliphatic rings. The van der Waals surface area contributed by atoms with E-state index in [0.29, 0.717) is 6.04 Å². The minimum absolute atomic E-state index is 0.513. The first kappa shape index (κ1) is 15.3. The van der Waals surface area contributed by atoms with Gasteiger partial charge in [0.1, 0.15) is 5.75 Å². The van der Waals surface area contributed by atoms with E-state index in [1.807, 2.05) is 0 Å². The predicted octanol–water partition coefficient (Wildman–Crippen LogP) is 3.18. The molecule has 1 aromatic rings. The van der Waals surface area contributed by atoms with E-state index in [-0.39, 0.29) is 0 Å². The SMILES string of the molecule is CCN(Cc1cc(CNC(C)C)ccc1OC)C1CC1. The highest BCUT2D eigenvalue weighted by atomic mass is 16.5. The number of hydrogen-bond acceptors (Lipinski definition) is 3. The lowest BCUT2D eigenvalue weighted by atomic mass is 10.1. The van der Waals surface area contributed by atoms with E-state index in [1.165, 1.54) is 24.0 Å². The summed E-state index contributed by atoms with van der Waals surface area (Å²) < 4.78 is 5.52. The molecule has 3 heteroatoms. The van der Waals surface area contributed by atoms with Crippen molar-refractivity contribution in [3.8, 4) is 5.75 Å². The summed E-state index contributed by atoms with van der Waals surface area (Å²) in [4.78, 5) is 2.55. The van der Waals surface area contributed by atoms with E-state index in [1.54, 1.807) is 7.11 Å². The topological polar surface area (TPSA) is 24.5 Å². The number of nitrogens with one attached hydrogen (secondary N) is 1. The molecule has 1 fully saturated rings. The van der Waals surface area contributed by atoms with Gasteiger partial charge in [-0.2, -0.15) is 0 Å². The van der Waals surface area contributed by atoms with Crippen molar-refractivity contribution in [2.75, 3.05) is 13.7 Å². The molecule has 0 radical (unpaired) electrons. The van der Waals surface area contributed by atoms with E-state index >= 15 is 0 Å². The molecule has 1 aliphatic carbocycles. The Morgan fingerprint density at radius 1 is 1.35 bits per heavy atom. The predicted molar refractivity (Wildman–Crippen MR) is 84.1 cm³/mol. The number of hydrogen-bond donors (Lipinski definition) is 1. The molecule has 0 unspecified atom stereocenters. The highest BCUT2D eigenvalue weighted by molar-refractivity contribution is 5.37. The fourth-order valence-electron chi connectivity index (χ4n) is 2.55. The third-order valence-electron chi connectivity index (χ3n) is 3.90. The molecule has 3 nitrogen and oxygen atoms in total. The van der Waals surface area contributed by atoms with Gasteiger partial charge in [0.2, 0.25) is 0 Å². The van der Waals surface area contributed by atoms with E-state index in [2.05, 4.69) is 49.2 Å². The second kappa shape index (κ2) is 7.09. The van der Waals surface area contributed by atoms with Crippen molar-refractivity contribution in [3.63, 3.8) is 0 Å². The van der Waals surface area contributed by atoms with Crippen molar-refractivity contribution in [2.24, 2.45) is 0 Å². The Balaban J connectivity index is 2.08. The Kier molecular flexibility index (Phi) is 5.44.